The molecule has 0 radical (unpaired) electrons. The van der Waals surface area contributed by atoms with Gasteiger partial charge in [0.25, 0.3) is 5.91 Å². The molecule has 4 nitrogen and oxygen atoms in total. The molecule has 1 amide bonds. The van der Waals surface area contributed by atoms with Crippen molar-refractivity contribution >= 4 is 21.8 Å². The third-order valence-electron chi connectivity index (χ3n) is 2.92. The van der Waals surface area contributed by atoms with E-state index < -0.39 is 25.0 Å². The molecule has 1 aromatic carbocycles. The van der Waals surface area contributed by atoms with Crippen LogP contribution in [0.3, 0.4) is 0 Å². The average Bonchev–Trinajstić information content (AvgIpc) is 2.43. The zero-order chi connectivity index (χ0) is 15.6. The van der Waals surface area contributed by atoms with Crippen molar-refractivity contribution in [2.24, 2.45) is 0 Å². The highest BCUT2D eigenvalue weighted by atomic mass is 79.9. The molecule has 0 fully saturated rings. The topological polar surface area (TPSA) is 38.8 Å². The highest BCUT2D eigenvalue weighted by Crippen LogP contribution is 2.38. The molecular formula is C13H13BrF3NO3. The van der Waals surface area contributed by atoms with E-state index in [0.717, 1.165) is 4.90 Å². The van der Waals surface area contributed by atoms with E-state index in [1.807, 2.05) is 0 Å². The van der Waals surface area contributed by atoms with Crippen molar-refractivity contribution in [1.82, 2.24) is 4.90 Å². The smallest absolute Gasteiger partial charge is 0.390 e. The van der Waals surface area contributed by atoms with E-state index in [1.165, 1.54) is 19.2 Å². The van der Waals surface area contributed by atoms with Gasteiger partial charge in [0.2, 0.25) is 0 Å². The van der Waals surface area contributed by atoms with Crippen LogP contribution >= 0.6 is 15.9 Å². The van der Waals surface area contributed by atoms with Crippen LogP contribution in [0, 0.1) is 0 Å². The van der Waals surface area contributed by atoms with Crippen molar-refractivity contribution in [3.63, 3.8) is 0 Å². The number of fused-ring (bicyclic) bond motifs is 1. The number of ether oxygens (including phenoxy) is 2. The molecule has 21 heavy (non-hydrogen) atoms. The van der Waals surface area contributed by atoms with Gasteiger partial charge in [-0.25, -0.2) is 0 Å². The second kappa shape index (κ2) is 6.13. The lowest BCUT2D eigenvalue weighted by atomic mass is 10.1. The lowest BCUT2D eigenvalue weighted by Crippen LogP contribution is -2.30. The molecular weight excluding hydrogens is 355 g/mol. The number of hydrogen-bond acceptors (Lipinski definition) is 3. The summed E-state index contributed by atoms with van der Waals surface area (Å²) < 4.78 is 47.9. The van der Waals surface area contributed by atoms with E-state index >= 15 is 0 Å². The molecule has 0 saturated heterocycles. The van der Waals surface area contributed by atoms with E-state index in [2.05, 4.69) is 15.9 Å². The van der Waals surface area contributed by atoms with Crippen LogP contribution in [-0.2, 0) is 0 Å². The number of alkyl halides is 3. The molecule has 1 aliphatic heterocycles. The van der Waals surface area contributed by atoms with Gasteiger partial charge in [0.15, 0.2) is 11.5 Å². The van der Waals surface area contributed by atoms with Crippen LogP contribution in [0.2, 0.25) is 0 Å². The van der Waals surface area contributed by atoms with Gasteiger partial charge in [-0.05, 0) is 28.1 Å². The lowest BCUT2D eigenvalue weighted by Gasteiger charge is -2.22. The molecule has 0 unspecified atom stereocenters. The highest BCUT2D eigenvalue weighted by molar-refractivity contribution is 9.10. The largest absolute Gasteiger partial charge is 0.486 e. The third kappa shape index (κ3) is 4.03. The Kier molecular flexibility index (Phi) is 4.65. The van der Waals surface area contributed by atoms with Gasteiger partial charge in [0.05, 0.1) is 10.9 Å². The van der Waals surface area contributed by atoms with E-state index in [1.54, 1.807) is 0 Å². The van der Waals surface area contributed by atoms with Crippen molar-refractivity contribution in [3.8, 4) is 11.5 Å². The molecule has 1 heterocycles. The molecule has 0 atom stereocenters. The van der Waals surface area contributed by atoms with Gasteiger partial charge in [0.1, 0.15) is 13.2 Å². The number of carbonyl (C=O) groups excluding carboxylic acids is 1. The minimum absolute atomic E-state index is 0.246. The standard InChI is InChI=1S/C13H13BrF3NO3/c1-18(3-2-13(15,16)17)12(19)8-6-9(14)11-10(7-8)20-4-5-21-11/h6-7H,2-5H2,1H3. The number of carbonyl (C=O) groups is 1. The molecule has 0 aromatic heterocycles. The molecule has 1 aromatic rings. The van der Waals surface area contributed by atoms with E-state index in [4.69, 9.17) is 9.47 Å². The third-order valence-corrected chi connectivity index (χ3v) is 3.51. The molecule has 2 rings (SSSR count). The molecule has 0 spiro atoms. The highest BCUT2D eigenvalue weighted by Gasteiger charge is 2.28. The summed E-state index contributed by atoms with van der Waals surface area (Å²) in [7, 11) is 1.33. The number of hydrogen-bond donors (Lipinski definition) is 0. The Bertz CT molecular complexity index is 548. The van der Waals surface area contributed by atoms with Crippen molar-refractivity contribution < 1.29 is 27.4 Å². The summed E-state index contributed by atoms with van der Waals surface area (Å²) in [5.41, 5.74) is 0.246. The summed E-state index contributed by atoms with van der Waals surface area (Å²) in [6.07, 6.45) is -5.33. The number of halogens is 4. The molecule has 1 aliphatic rings. The molecule has 0 bridgehead atoms. The van der Waals surface area contributed by atoms with Crippen LogP contribution in [0.25, 0.3) is 0 Å². The SMILES string of the molecule is CN(CCC(F)(F)F)C(=O)c1cc(Br)c2c(c1)OCCO2. The van der Waals surface area contributed by atoms with E-state index in [9.17, 15) is 18.0 Å². The first-order valence-corrected chi connectivity index (χ1v) is 6.98. The summed E-state index contributed by atoms with van der Waals surface area (Å²) in [6, 6.07) is 2.99. The molecule has 0 aliphatic carbocycles. The van der Waals surface area contributed by atoms with Crippen molar-refractivity contribution in [2.75, 3.05) is 26.8 Å². The van der Waals surface area contributed by atoms with Gasteiger partial charge in [-0.2, -0.15) is 13.2 Å². The van der Waals surface area contributed by atoms with Crippen LogP contribution < -0.4 is 9.47 Å². The Balaban J connectivity index is 2.14. The average molecular weight is 368 g/mol. The fraction of sp³-hybridized carbons (Fsp3) is 0.462. The predicted molar refractivity (Wildman–Crippen MR) is 72.8 cm³/mol. The minimum atomic E-state index is -4.29. The normalized spacial score (nSPS) is 14.0. The monoisotopic (exact) mass is 367 g/mol. The second-order valence-electron chi connectivity index (χ2n) is 4.57. The predicted octanol–water partition coefficient (Wildman–Crippen LogP) is 3.24. The quantitative estimate of drug-likeness (QED) is 0.822. The molecule has 0 N–H and O–H groups in total. The first-order chi connectivity index (χ1) is 9.78. The molecule has 0 saturated carbocycles. The fourth-order valence-corrected chi connectivity index (χ4v) is 2.41. The molecule has 8 heteroatoms. The van der Waals surface area contributed by atoms with E-state index in [-0.39, 0.29) is 5.56 Å². The summed E-state index contributed by atoms with van der Waals surface area (Å²) >= 11 is 3.27. The van der Waals surface area contributed by atoms with Crippen molar-refractivity contribution in [2.45, 2.75) is 12.6 Å². The van der Waals surface area contributed by atoms with Gasteiger partial charge in [0, 0.05) is 19.2 Å². The Labute approximate surface area is 127 Å². The first-order valence-electron chi connectivity index (χ1n) is 6.19. The fourth-order valence-electron chi connectivity index (χ4n) is 1.85. The van der Waals surface area contributed by atoms with Crippen LogP contribution in [0.15, 0.2) is 16.6 Å². The maximum absolute atomic E-state index is 12.2. The number of amides is 1. The summed E-state index contributed by atoms with van der Waals surface area (Å²) in [6.45, 7) is 0.375. The lowest BCUT2D eigenvalue weighted by molar-refractivity contribution is -0.136. The Morgan fingerprint density at radius 3 is 2.67 bits per heavy atom. The van der Waals surface area contributed by atoms with Crippen LogP contribution in [0.4, 0.5) is 13.2 Å². The maximum atomic E-state index is 12.2. The zero-order valence-electron chi connectivity index (χ0n) is 11.2. The minimum Gasteiger partial charge on any atom is -0.486 e. The van der Waals surface area contributed by atoms with Crippen LogP contribution in [0.5, 0.6) is 11.5 Å². The number of rotatable bonds is 3. The Morgan fingerprint density at radius 2 is 2.00 bits per heavy atom. The summed E-state index contributed by atoms with van der Waals surface area (Å²) in [4.78, 5) is 13.2. The Hall–Kier alpha value is -1.44. The van der Waals surface area contributed by atoms with Gasteiger partial charge < -0.3 is 14.4 Å². The van der Waals surface area contributed by atoms with Gasteiger partial charge in [-0.3, -0.25) is 4.79 Å². The Morgan fingerprint density at radius 1 is 1.33 bits per heavy atom. The van der Waals surface area contributed by atoms with Gasteiger partial charge in [-0.15, -0.1) is 0 Å². The summed E-state index contributed by atoms with van der Waals surface area (Å²) in [5, 5.41) is 0. The summed E-state index contributed by atoms with van der Waals surface area (Å²) in [5.74, 6) is 0.399. The maximum Gasteiger partial charge on any atom is 0.390 e. The van der Waals surface area contributed by atoms with Gasteiger partial charge in [-0.1, -0.05) is 0 Å². The zero-order valence-corrected chi connectivity index (χ0v) is 12.8. The number of nitrogens with zero attached hydrogens (tertiary/aromatic N) is 1. The number of benzene rings is 1. The second-order valence-corrected chi connectivity index (χ2v) is 5.43. The van der Waals surface area contributed by atoms with Crippen LogP contribution in [0.1, 0.15) is 16.8 Å². The van der Waals surface area contributed by atoms with Crippen LogP contribution in [-0.4, -0.2) is 43.8 Å². The first kappa shape index (κ1) is 15.9. The molecule has 116 valence electrons. The van der Waals surface area contributed by atoms with E-state index in [0.29, 0.717) is 29.2 Å². The van der Waals surface area contributed by atoms with Gasteiger partial charge >= 0.3 is 6.18 Å². The van der Waals surface area contributed by atoms with Crippen molar-refractivity contribution in [1.29, 1.82) is 0 Å². The van der Waals surface area contributed by atoms with Crippen molar-refractivity contribution in [3.05, 3.63) is 22.2 Å².